The van der Waals surface area contributed by atoms with Crippen molar-refractivity contribution in [3.05, 3.63) is 23.8 Å². The maximum absolute atomic E-state index is 10.8. The summed E-state index contributed by atoms with van der Waals surface area (Å²) in [6.07, 6.45) is 0.704. The average Bonchev–Trinajstić information content (AvgIpc) is 3.08. The highest BCUT2D eigenvalue weighted by Crippen LogP contribution is 2.52. The van der Waals surface area contributed by atoms with Gasteiger partial charge in [-0.2, -0.15) is 0 Å². The number of para-hydroxylation sites is 1. The summed E-state index contributed by atoms with van der Waals surface area (Å²) in [4.78, 5) is 10.8. The van der Waals surface area contributed by atoms with E-state index >= 15 is 0 Å². The minimum atomic E-state index is -0.723. The summed E-state index contributed by atoms with van der Waals surface area (Å²) in [6, 6.07) is 5.68. The van der Waals surface area contributed by atoms with Crippen molar-refractivity contribution >= 4 is 5.97 Å². The highest BCUT2D eigenvalue weighted by atomic mass is 16.6. The van der Waals surface area contributed by atoms with Gasteiger partial charge in [0.25, 0.3) is 0 Å². The molecular weight excluding hydrogens is 208 g/mol. The topological polar surface area (TPSA) is 55.8 Å². The third-order valence-electron chi connectivity index (χ3n) is 3.10. The molecule has 0 aromatic heterocycles. The van der Waals surface area contributed by atoms with Crippen LogP contribution >= 0.6 is 0 Å². The van der Waals surface area contributed by atoms with Gasteiger partial charge in [-0.1, -0.05) is 12.1 Å². The normalized spacial score (nSPS) is 26.2. The summed E-state index contributed by atoms with van der Waals surface area (Å²) in [5, 5.41) is 8.92. The zero-order chi connectivity index (χ0) is 11.1. The van der Waals surface area contributed by atoms with Crippen LogP contribution in [0.5, 0.6) is 11.5 Å². The molecule has 1 aliphatic heterocycles. The monoisotopic (exact) mass is 220 g/mol. The first kappa shape index (κ1) is 9.51. The molecule has 4 heteroatoms. The minimum Gasteiger partial charge on any atom is -0.486 e. The van der Waals surface area contributed by atoms with Crippen molar-refractivity contribution in [3.8, 4) is 11.5 Å². The van der Waals surface area contributed by atoms with E-state index in [1.54, 1.807) is 0 Å². The predicted octanol–water partition coefficient (Wildman–Crippen LogP) is 1.65. The minimum absolute atomic E-state index is 0.0918. The summed E-state index contributed by atoms with van der Waals surface area (Å²) in [6.45, 7) is 1.10. The van der Waals surface area contributed by atoms with Gasteiger partial charge in [-0.15, -0.1) is 0 Å². The summed E-state index contributed by atoms with van der Waals surface area (Å²) in [5.41, 5.74) is 0.976. The first-order valence-corrected chi connectivity index (χ1v) is 5.38. The number of benzene rings is 1. The Bertz CT molecular complexity index is 441. The van der Waals surface area contributed by atoms with Gasteiger partial charge < -0.3 is 14.6 Å². The lowest BCUT2D eigenvalue weighted by molar-refractivity contribution is -0.138. The predicted molar refractivity (Wildman–Crippen MR) is 55.9 cm³/mol. The number of fused-ring (bicyclic) bond motifs is 1. The second kappa shape index (κ2) is 3.40. The number of carboxylic acid groups (broad SMARTS) is 1. The van der Waals surface area contributed by atoms with Crippen LogP contribution in [0.3, 0.4) is 0 Å². The average molecular weight is 220 g/mol. The fourth-order valence-electron chi connectivity index (χ4n) is 2.20. The van der Waals surface area contributed by atoms with Crippen molar-refractivity contribution in [2.24, 2.45) is 5.92 Å². The molecule has 16 heavy (non-hydrogen) atoms. The highest BCUT2D eigenvalue weighted by molar-refractivity contribution is 5.76. The number of ether oxygens (including phenoxy) is 2. The molecule has 2 atom stereocenters. The first-order chi connectivity index (χ1) is 7.77. The number of aliphatic carboxylic acids is 1. The molecule has 1 heterocycles. The maximum Gasteiger partial charge on any atom is 0.307 e. The van der Waals surface area contributed by atoms with Crippen molar-refractivity contribution in [1.82, 2.24) is 0 Å². The Morgan fingerprint density at radius 1 is 1.31 bits per heavy atom. The molecule has 0 saturated heterocycles. The van der Waals surface area contributed by atoms with Crippen molar-refractivity contribution in [1.29, 1.82) is 0 Å². The van der Waals surface area contributed by atoms with Gasteiger partial charge in [0.2, 0.25) is 0 Å². The van der Waals surface area contributed by atoms with Crippen LogP contribution in [0, 0.1) is 5.92 Å². The number of hydrogen-bond acceptors (Lipinski definition) is 3. The smallest absolute Gasteiger partial charge is 0.307 e. The molecule has 0 unspecified atom stereocenters. The molecule has 0 bridgehead atoms. The lowest BCUT2D eigenvalue weighted by Crippen LogP contribution is -2.16. The Hall–Kier alpha value is -1.71. The molecule has 1 N–H and O–H groups in total. The van der Waals surface area contributed by atoms with Crippen molar-refractivity contribution < 1.29 is 19.4 Å². The molecule has 2 aliphatic rings. The van der Waals surface area contributed by atoms with Gasteiger partial charge in [0.05, 0.1) is 5.92 Å². The van der Waals surface area contributed by atoms with Crippen LogP contribution in [-0.4, -0.2) is 24.3 Å². The Balaban J connectivity index is 1.93. The number of carbonyl (C=O) groups is 1. The lowest BCUT2D eigenvalue weighted by atomic mass is 10.1. The van der Waals surface area contributed by atoms with E-state index in [2.05, 4.69) is 0 Å². The highest BCUT2D eigenvalue weighted by Gasteiger charge is 2.46. The zero-order valence-electron chi connectivity index (χ0n) is 8.68. The largest absolute Gasteiger partial charge is 0.486 e. The summed E-state index contributed by atoms with van der Waals surface area (Å²) >= 11 is 0. The fourth-order valence-corrected chi connectivity index (χ4v) is 2.20. The van der Waals surface area contributed by atoms with E-state index in [1.807, 2.05) is 18.2 Å². The van der Waals surface area contributed by atoms with E-state index < -0.39 is 5.97 Å². The molecule has 1 aromatic rings. The van der Waals surface area contributed by atoms with E-state index in [1.165, 1.54) is 0 Å². The van der Waals surface area contributed by atoms with Crippen LogP contribution in [0.15, 0.2) is 18.2 Å². The number of carboxylic acids is 1. The SMILES string of the molecule is O=C(O)[C@@H]1C[C@H]1c1cccc2c1OCCO2. The number of hydrogen-bond donors (Lipinski definition) is 1. The summed E-state index contributed by atoms with van der Waals surface area (Å²) in [5.74, 6) is 0.591. The van der Waals surface area contributed by atoms with Crippen LogP contribution < -0.4 is 9.47 Å². The molecule has 1 aliphatic carbocycles. The molecule has 4 nitrogen and oxygen atoms in total. The third kappa shape index (κ3) is 1.41. The molecule has 0 radical (unpaired) electrons. The van der Waals surface area contributed by atoms with Gasteiger partial charge in [-0.3, -0.25) is 4.79 Å². The summed E-state index contributed by atoms with van der Waals surface area (Å²) < 4.78 is 11.0. The zero-order valence-corrected chi connectivity index (χ0v) is 8.68. The molecule has 0 amide bonds. The van der Waals surface area contributed by atoms with E-state index in [0.717, 1.165) is 17.1 Å². The molecular formula is C12H12O4. The third-order valence-corrected chi connectivity index (χ3v) is 3.10. The second-order valence-electron chi connectivity index (χ2n) is 4.16. The van der Waals surface area contributed by atoms with Gasteiger partial charge >= 0.3 is 5.97 Å². The van der Waals surface area contributed by atoms with E-state index in [4.69, 9.17) is 14.6 Å². The van der Waals surface area contributed by atoms with Crippen LogP contribution in [0.2, 0.25) is 0 Å². The Morgan fingerprint density at radius 3 is 2.88 bits per heavy atom. The molecule has 1 aromatic carbocycles. The maximum atomic E-state index is 10.8. The number of rotatable bonds is 2. The lowest BCUT2D eigenvalue weighted by Gasteiger charge is -2.20. The second-order valence-corrected chi connectivity index (χ2v) is 4.16. The van der Waals surface area contributed by atoms with Gasteiger partial charge in [0.1, 0.15) is 13.2 Å². The van der Waals surface area contributed by atoms with Crippen LogP contribution in [0.25, 0.3) is 0 Å². The van der Waals surface area contributed by atoms with Crippen LogP contribution in [0.4, 0.5) is 0 Å². The van der Waals surface area contributed by atoms with Crippen molar-refractivity contribution in [2.45, 2.75) is 12.3 Å². The Kier molecular flexibility index (Phi) is 2.02. The fraction of sp³-hybridized carbons (Fsp3) is 0.417. The molecule has 3 rings (SSSR count). The molecule has 0 spiro atoms. The molecule has 84 valence electrons. The summed E-state index contributed by atoms with van der Waals surface area (Å²) in [7, 11) is 0. The van der Waals surface area contributed by atoms with Gasteiger partial charge in [0, 0.05) is 11.5 Å². The quantitative estimate of drug-likeness (QED) is 0.823. The van der Waals surface area contributed by atoms with Gasteiger partial charge in [0.15, 0.2) is 11.5 Å². The van der Waals surface area contributed by atoms with Crippen LogP contribution in [0.1, 0.15) is 17.9 Å². The van der Waals surface area contributed by atoms with Crippen LogP contribution in [-0.2, 0) is 4.79 Å². The first-order valence-electron chi connectivity index (χ1n) is 5.38. The molecule has 1 saturated carbocycles. The molecule has 1 fully saturated rings. The standard InChI is InChI=1S/C12H12O4/c13-12(14)9-6-8(9)7-2-1-3-10-11(7)16-5-4-15-10/h1-3,8-9H,4-6H2,(H,13,14)/t8-,9+/m0/s1. The Labute approximate surface area is 92.8 Å². The van der Waals surface area contributed by atoms with Crippen molar-refractivity contribution in [3.63, 3.8) is 0 Å². The Morgan fingerprint density at radius 2 is 2.12 bits per heavy atom. The van der Waals surface area contributed by atoms with Crippen molar-refractivity contribution in [2.75, 3.05) is 13.2 Å². The van der Waals surface area contributed by atoms with Gasteiger partial charge in [-0.25, -0.2) is 0 Å². The van der Waals surface area contributed by atoms with E-state index in [-0.39, 0.29) is 11.8 Å². The van der Waals surface area contributed by atoms with E-state index in [0.29, 0.717) is 19.6 Å². The van der Waals surface area contributed by atoms with E-state index in [9.17, 15) is 4.79 Å². The van der Waals surface area contributed by atoms with Gasteiger partial charge in [-0.05, 0) is 12.5 Å².